The first-order valence-electron chi connectivity index (χ1n) is 10.6. The Kier molecular flexibility index (Phi) is 6.32. The van der Waals surface area contributed by atoms with Crippen LogP contribution in [0, 0.1) is 5.92 Å². The normalized spacial score (nSPS) is 18.8. The van der Waals surface area contributed by atoms with Gasteiger partial charge in [0.1, 0.15) is 17.6 Å². The van der Waals surface area contributed by atoms with E-state index < -0.39 is 11.3 Å². The lowest BCUT2D eigenvalue weighted by atomic mass is 9.97. The smallest absolute Gasteiger partial charge is 0.271 e. The monoisotopic (exact) mass is 450 g/mol. The van der Waals surface area contributed by atoms with Crippen molar-refractivity contribution in [2.75, 3.05) is 12.4 Å². The van der Waals surface area contributed by atoms with Gasteiger partial charge in [0.05, 0.1) is 18.0 Å². The zero-order chi connectivity index (χ0) is 22.8. The van der Waals surface area contributed by atoms with Crippen LogP contribution in [0.1, 0.15) is 32.8 Å². The molecule has 8 heteroatoms. The third-order valence-corrected chi connectivity index (χ3v) is 6.78. The van der Waals surface area contributed by atoms with E-state index in [1.54, 1.807) is 13.2 Å². The van der Waals surface area contributed by atoms with E-state index in [-0.39, 0.29) is 17.7 Å². The molecule has 166 valence electrons. The Balaban J connectivity index is 1.61. The van der Waals surface area contributed by atoms with Crippen LogP contribution < -0.4 is 10.1 Å². The fourth-order valence-electron chi connectivity index (χ4n) is 3.74. The molecule has 0 radical (unpaired) electrons. The minimum absolute atomic E-state index is 0.0979. The number of fused-ring (bicyclic) bond motifs is 3. The number of rotatable bonds is 6. The van der Waals surface area contributed by atoms with Crippen LogP contribution >= 0.6 is 11.8 Å². The van der Waals surface area contributed by atoms with Crippen molar-refractivity contribution < 1.29 is 14.3 Å². The summed E-state index contributed by atoms with van der Waals surface area (Å²) in [5.41, 5.74) is 2.25. The van der Waals surface area contributed by atoms with E-state index in [4.69, 9.17) is 9.73 Å². The molecule has 0 saturated heterocycles. The van der Waals surface area contributed by atoms with Crippen molar-refractivity contribution in [3.05, 3.63) is 54.1 Å². The van der Waals surface area contributed by atoms with Crippen molar-refractivity contribution in [3.8, 4) is 5.75 Å². The molecule has 2 aliphatic rings. The maximum absolute atomic E-state index is 12.9. The standard InChI is InChI=1S/C24H26N4O3S/c1-5-14(2)20-23(30)27-21-18-11-6-7-12-19(18)26-24(28(20)21)32-15(3)22(29)25-16-9-8-10-17(13-16)31-4/h6-15,20H,5H2,1-4H3,(H,25,29). The maximum atomic E-state index is 12.9. The molecule has 1 N–H and O–H groups in total. The number of thioether (sulfide) groups is 1. The third kappa shape index (κ3) is 4.14. The van der Waals surface area contributed by atoms with Crippen LogP contribution in [-0.4, -0.2) is 46.1 Å². The van der Waals surface area contributed by atoms with E-state index >= 15 is 0 Å². The lowest BCUT2D eigenvalue weighted by molar-refractivity contribution is -0.120. The summed E-state index contributed by atoms with van der Waals surface area (Å²) in [4.78, 5) is 36.9. The van der Waals surface area contributed by atoms with Gasteiger partial charge in [0.2, 0.25) is 5.91 Å². The van der Waals surface area contributed by atoms with Crippen LogP contribution in [0.25, 0.3) is 0 Å². The number of methoxy groups -OCH3 is 1. The van der Waals surface area contributed by atoms with Crippen molar-refractivity contribution in [2.24, 2.45) is 15.9 Å². The molecule has 2 aromatic carbocycles. The number of aliphatic imine (C=N–C) groups is 2. The van der Waals surface area contributed by atoms with Crippen molar-refractivity contribution in [3.63, 3.8) is 0 Å². The summed E-state index contributed by atoms with van der Waals surface area (Å²) in [6.07, 6.45) is 0.835. The molecule has 2 heterocycles. The minimum atomic E-state index is -0.445. The largest absolute Gasteiger partial charge is 0.497 e. The Labute approximate surface area is 192 Å². The number of benzene rings is 2. The van der Waals surface area contributed by atoms with Crippen LogP contribution in [0.5, 0.6) is 5.75 Å². The van der Waals surface area contributed by atoms with Gasteiger partial charge in [-0.1, -0.05) is 50.2 Å². The Morgan fingerprint density at radius 1 is 1.19 bits per heavy atom. The molecule has 4 rings (SSSR count). The summed E-state index contributed by atoms with van der Waals surface area (Å²) < 4.78 is 5.23. The predicted molar refractivity (Wildman–Crippen MR) is 129 cm³/mol. The van der Waals surface area contributed by atoms with Crippen LogP contribution in [0.15, 0.2) is 58.5 Å². The van der Waals surface area contributed by atoms with Gasteiger partial charge in [-0.25, -0.2) is 4.99 Å². The highest BCUT2D eigenvalue weighted by atomic mass is 32.2. The second kappa shape index (κ2) is 9.16. The molecule has 0 bridgehead atoms. The predicted octanol–water partition coefficient (Wildman–Crippen LogP) is 4.46. The first-order valence-corrected chi connectivity index (χ1v) is 11.5. The highest BCUT2D eigenvalue weighted by molar-refractivity contribution is 8.14. The van der Waals surface area contributed by atoms with Gasteiger partial charge < -0.3 is 10.1 Å². The number of carbonyl (C=O) groups excluding carboxylic acids is 2. The number of nitrogens with one attached hydrogen (secondary N) is 1. The molecule has 0 fully saturated rings. The number of amides is 2. The zero-order valence-corrected chi connectivity index (χ0v) is 19.3. The molecule has 3 unspecified atom stereocenters. The number of carbonyl (C=O) groups is 2. The first-order chi connectivity index (χ1) is 15.4. The van der Waals surface area contributed by atoms with Crippen LogP contribution in [0.4, 0.5) is 11.4 Å². The van der Waals surface area contributed by atoms with E-state index in [2.05, 4.69) is 17.2 Å². The van der Waals surface area contributed by atoms with E-state index in [1.807, 2.05) is 61.2 Å². The van der Waals surface area contributed by atoms with Gasteiger partial charge in [0.25, 0.3) is 5.91 Å². The van der Waals surface area contributed by atoms with Crippen LogP contribution in [-0.2, 0) is 9.59 Å². The van der Waals surface area contributed by atoms with Gasteiger partial charge in [0.15, 0.2) is 5.17 Å². The molecule has 0 aromatic heterocycles. The van der Waals surface area contributed by atoms with Crippen molar-refractivity contribution in [1.29, 1.82) is 0 Å². The number of hydrogen-bond donors (Lipinski definition) is 1. The van der Waals surface area contributed by atoms with Crippen molar-refractivity contribution >= 4 is 46.0 Å². The van der Waals surface area contributed by atoms with Gasteiger partial charge in [-0.3, -0.25) is 14.5 Å². The molecule has 2 aromatic rings. The summed E-state index contributed by atoms with van der Waals surface area (Å²) in [5.74, 6) is 1.07. The quantitative estimate of drug-likeness (QED) is 0.703. The summed E-state index contributed by atoms with van der Waals surface area (Å²) >= 11 is 1.33. The van der Waals surface area contributed by atoms with Gasteiger partial charge in [-0.15, -0.1) is 0 Å². The Bertz CT molecular complexity index is 1110. The maximum Gasteiger partial charge on any atom is 0.271 e. The van der Waals surface area contributed by atoms with Gasteiger partial charge in [-0.05, 0) is 37.1 Å². The molecule has 32 heavy (non-hydrogen) atoms. The number of nitrogens with zero attached hydrogens (tertiary/aromatic N) is 3. The first kappa shape index (κ1) is 22.1. The lowest BCUT2D eigenvalue weighted by Crippen LogP contribution is -2.47. The molecule has 2 aliphatic heterocycles. The highest BCUT2D eigenvalue weighted by Crippen LogP contribution is 2.37. The lowest BCUT2D eigenvalue weighted by Gasteiger charge is -2.34. The fourth-order valence-corrected chi connectivity index (χ4v) is 4.69. The molecule has 0 aliphatic carbocycles. The highest BCUT2D eigenvalue weighted by Gasteiger charge is 2.44. The van der Waals surface area contributed by atoms with Crippen LogP contribution in [0.3, 0.4) is 0 Å². The molecule has 7 nitrogen and oxygen atoms in total. The number of amidine groups is 2. The number of para-hydroxylation sites is 1. The van der Waals surface area contributed by atoms with Crippen molar-refractivity contribution in [2.45, 2.75) is 38.5 Å². The van der Waals surface area contributed by atoms with E-state index in [0.29, 0.717) is 22.4 Å². The number of ether oxygens (including phenoxy) is 1. The van der Waals surface area contributed by atoms with E-state index in [1.165, 1.54) is 11.8 Å². The van der Waals surface area contributed by atoms with Crippen molar-refractivity contribution in [1.82, 2.24) is 4.90 Å². The Hall–Kier alpha value is -3.13. The zero-order valence-electron chi connectivity index (χ0n) is 18.5. The molecule has 0 spiro atoms. The molecule has 2 amide bonds. The molecule has 0 saturated carbocycles. The van der Waals surface area contributed by atoms with Gasteiger partial charge in [-0.2, -0.15) is 4.99 Å². The topological polar surface area (TPSA) is 83.4 Å². The minimum Gasteiger partial charge on any atom is -0.497 e. The third-order valence-electron chi connectivity index (χ3n) is 5.71. The van der Waals surface area contributed by atoms with E-state index in [0.717, 1.165) is 17.7 Å². The van der Waals surface area contributed by atoms with E-state index in [9.17, 15) is 9.59 Å². The molecule has 3 atom stereocenters. The van der Waals surface area contributed by atoms with Gasteiger partial charge in [0, 0.05) is 17.3 Å². The number of anilines is 1. The summed E-state index contributed by atoms with van der Waals surface area (Å²) in [6.45, 7) is 5.93. The van der Waals surface area contributed by atoms with Gasteiger partial charge >= 0.3 is 0 Å². The number of hydrogen-bond acceptors (Lipinski definition) is 6. The summed E-state index contributed by atoms with van der Waals surface area (Å²) in [7, 11) is 1.59. The fraction of sp³-hybridized carbons (Fsp3) is 0.333. The molecular weight excluding hydrogens is 424 g/mol. The summed E-state index contributed by atoms with van der Waals surface area (Å²) in [6, 6.07) is 14.5. The SMILES string of the molecule is CCC(C)C1C(=O)N=C2c3ccccc3N=C(SC(C)C(=O)Nc3cccc(OC)c3)N21. The summed E-state index contributed by atoms with van der Waals surface area (Å²) in [5, 5.41) is 3.10. The van der Waals surface area contributed by atoms with Crippen LogP contribution in [0.2, 0.25) is 0 Å². The average Bonchev–Trinajstić information content (AvgIpc) is 3.16. The Morgan fingerprint density at radius 2 is 1.97 bits per heavy atom. The second-order valence-corrected chi connectivity index (χ2v) is 9.17. The second-order valence-electron chi connectivity index (χ2n) is 7.87. The molecular formula is C24H26N4O3S. The Morgan fingerprint density at radius 3 is 2.72 bits per heavy atom. The average molecular weight is 451 g/mol.